The molecule has 1 saturated heterocycles. The predicted molar refractivity (Wildman–Crippen MR) is 69.2 cm³/mol. The molecular weight excluding hydrogens is 252 g/mol. The molecule has 0 saturated carbocycles. The van der Waals surface area contributed by atoms with E-state index in [0.29, 0.717) is 11.4 Å². The van der Waals surface area contributed by atoms with Crippen molar-refractivity contribution in [3.8, 4) is 0 Å². The van der Waals surface area contributed by atoms with Crippen LogP contribution >= 0.6 is 11.6 Å². The molecule has 2 unspecified atom stereocenters. The van der Waals surface area contributed by atoms with Crippen molar-refractivity contribution in [2.45, 2.75) is 39.1 Å². The summed E-state index contributed by atoms with van der Waals surface area (Å²) in [6.45, 7) is 5.83. The van der Waals surface area contributed by atoms with E-state index >= 15 is 0 Å². The molecule has 4 heteroatoms. The van der Waals surface area contributed by atoms with Crippen LogP contribution in [0.1, 0.15) is 32.8 Å². The van der Waals surface area contributed by atoms with Crippen molar-refractivity contribution in [1.82, 2.24) is 0 Å². The number of hydrogen-bond donors (Lipinski definition) is 0. The molecule has 0 N–H and O–H groups in total. The van der Waals surface area contributed by atoms with Crippen LogP contribution in [0.3, 0.4) is 0 Å². The molecule has 1 aliphatic rings. The van der Waals surface area contributed by atoms with E-state index in [1.165, 1.54) is 0 Å². The Morgan fingerprint density at radius 2 is 2.17 bits per heavy atom. The molecule has 2 atom stereocenters. The molecule has 98 valence electrons. The van der Waals surface area contributed by atoms with Gasteiger partial charge in [-0.1, -0.05) is 44.5 Å². The summed E-state index contributed by atoms with van der Waals surface area (Å²) in [6.07, 6.45) is 0.0338. The highest BCUT2D eigenvalue weighted by molar-refractivity contribution is 6.30. The summed E-state index contributed by atoms with van der Waals surface area (Å²) in [5.41, 5.74) is -0.259. The number of carbonyl (C=O) groups is 1. The predicted octanol–water partition coefficient (Wildman–Crippen LogP) is 3.50. The minimum Gasteiger partial charge on any atom is -0.433 e. The van der Waals surface area contributed by atoms with Crippen molar-refractivity contribution in [3.63, 3.8) is 0 Å². The first-order valence-electron chi connectivity index (χ1n) is 6.14. The van der Waals surface area contributed by atoms with Gasteiger partial charge in [0.2, 0.25) is 6.29 Å². The van der Waals surface area contributed by atoms with Crippen LogP contribution in [-0.2, 0) is 19.9 Å². The zero-order chi connectivity index (χ0) is 13.3. The van der Waals surface area contributed by atoms with Gasteiger partial charge in [0.05, 0.1) is 0 Å². The van der Waals surface area contributed by atoms with Crippen LogP contribution in [0.4, 0.5) is 0 Å². The lowest BCUT2D eigenvalue weighted by atomic mass is 9.91. The van der Waals surface area contributed by atoms with Gasteiger partial charge in [-0.15, -0.1) is 0 Å². The number of esters is 1. The highest BCUT2D eigenvalue weighted by atomic mass is 35.5. The van der Waals surface area contributed by atoms with Crippen molar-refractivity contribution in [3.05, 3.63) is 34.9 Å². The smallest absolute Gasteiger partial charge is 0.345 e. The third-order valence-corrected chi connectivity index (χ3v) is 3.44. The van der Waals surface area contributed by atoms with E-state index in [9.17, 15) is 4.79 Å². The molecule has 0 aromatic heterocycles. The molecule has 1 aromatic rings. The maximum Gasteiger partial charge on any atom is 0.345 e. The van der Waals surface area contributed by atoms with Gasteiger partial charge in [0, 0.05) is 10.9 Å². The average Bonchev–Trinajstić information content (AvgIpc) is 2.68. The monoisotopic (exact) mass is 268 g/mol. The largest absolute Gasteiger partial charge is 0.433 e. The van der Waals surface area contributed by atoms with E-state index < -0.39 is 11.9 Å². The molecule has 1 aromatic carbocycles. The van der Waals surface area contributed by atoms with E-state index in [1.807, 2.05) is 32.9 Å². The van der Waals surface area contributed by atoms with Gasteiger partial charge in [-0.2, -0.15) is 0 Å². The third kappa shape index (κ3) is 2.13. The standard InChI is InChI=1S/C14H17ClO3/c1-4-14(10-6-5-7-11(15)8-10)13(16)17-12(18-14)9(2)3/h5-9,12H,4H2,1-3H3. The second kappa shape index (κ2) is 4.90. The van der Waals surface area contributed by atoms with Gasteiger partial charge in [0.25, 0.3) is 0 Å². The van der Waals surface area contributed by atoms with Gasteiger partial charge in [-0.3, -0.25) is 0 Å². The Morgan fingerprint density at radius 1 is 1.44 bits per heavy atom. The summed E-state index contributed by atoms with van der Waals surface area (Å²) < 4.78 is 11.2. The van der Waals surface area contributed by atoms with E-state index in [4.69, 9.17) is 21.1 Å². The molecule has 1 heterocycles. The van der Waals surface area contributed by atoms with Crippen LogP contribution in [0.5, 0.6) is 0 Å². The minimum atomic E-state index is -1.01. The number of ether oxygens (including phenoxy) is 2. The molecule has 18 heavy (non-hydrogen) atoms. The third-order valence-electron chi connectivity index (χ3n) is 3.20. The zero-order valence-corrected chi connectivity index (χ0v) is 11.5. The summed E-state index contributed by atoms with van der Waals surface area (Å²) in [5.74, 6) is -0.201. The minimum absolute atomic E-state index is 0.126. The fourth-order valence-electron chi connectivity index (χ4n) is 2.10. The fraction of sp³-hybridized carbons (Fsp3) is 0.500. The molecule has 1 aliphatic heterocycles. The van der Waals surface area contributed by atoms with E-state index in [0.717, 1.165) is 5.56 Å². The average molecular weight is 269 g/mol. The normalized spacial score (nSPS) is 27.6. The summed E-state index contributed by atoms with van der Waals surface area (Å²) in [6, 6.07) is 7.19. The second-order valence-electron chi connectivity index (χ2n) is 4.83. The van der Waals surface area contributed by atoms with Crippen LogP contribution in [0.2, 0.25) is 5.02 Å². The lowest BCUT2D eigenvalue weighted by Gasteiger charge is -2.24. The molecule has 0 spiro atoms. The van der Waals surface area contributed by atoms with Gasteiger partial charge in [0.1, 0.15) is 0 Å². The topological polar surface area (TPSA) is 35.5 Å². The van der Waals surface area contributed by atoms with Crippen LogP contribution in [0.15, 0.2) is 24.3 Å². The number of cyclic esters (lactones) is 1. The van der Waals surface area contributed by atoms with Crippen molar-refractivity contribution in [2.24, 2.45) is 5.92 Å². The number of hydrogen-bond acceptors (Lipinski definition) is 3. The Hall–Kier alpha value is -1.06. The summed E-state index contributed by atoms with van der Waals surface area (Å²) in [7, 11) is 0. The van der Waals surface area contributed by atoms with Crippen LogP contribution in [0, 0.1) is 5.92 Å². The molecule has 0 radical (unpaired) electrons. The molecule has 0 aliphatic carbocycles. The lowest BCUT2D eigenvalue weighted by molar-refractivity contribution is -0.147. The second-order valence-corrected chi connectivity index (χ2v) is 5.26. The quantitative estimate of drug-likeness (QED) is 0.787. The van der Waals surface area contributed by atoms with Crippen molar-refractivity contribution in [2.75, 3.05) is 0 Å². The van der Waals surface area contributed by atoms with Crippen molar-refractivity contribution < 1.29 is 14.3 Å². The number of carbonyl (C=O) groups excluding carboxylic acids is 1. The fourth-order valence-corrected chi connectivity index (χ4v) is 2.29. The molecular formula is C14H17ClO3. The molecule has 0 amide bonds. The maximum absolute atomic E-state index is 12.2. The van der Waals surface area contributed by atoms with Gasteiger partial charge >= 0.3 is 5.97 Å². The van der Waals surface area contributed by atoms with Gasteiger partial charge in [0.15, 0.2) is 5.60 Å². The Bertz CT molecular complexity index is 458. The highest BCUT2D eigenvalue weighted by Crippen LogP contribution is 2.40. The van der Waals surface area contributed by atoms with Crippen molar-refractivity contribution >= 4 is 17.6 Å². The maximum atomic E-state index is 12.2. The first-order chi connectivity index (χ1) is 8.49. The first kappa shape index (κ1) is 13.4. The number of benzene rings is 1. The first-order valence-corrected chi connectivity index (χ1v) is 6.52. The molecule has 3 nitrogen and oxygen atoms in total. The zero-order valence-electron chi connectivity index (χ0n) is 10.8. The molecule has 2 rings (SSSR count). The summed E-state index contributed by atoms with van der Waals surface area (Å²) >= 11 is 5.98. The summed E-state index contributed by atoms with van der Waals surface area (Å²) in [4.78, 5) is 12.2. The summed E-state index contributed by atoms with van der Waals surface area (Å²) in [5, 5.41) is 0.588. The number of rotatable bonds is 3. The SMILES string of the molecule is CCC1(c2cccc(Cl)c2)OC(C(C)C)OC1=O. The van der Waals surface area contributed by atoms with E-state index in [1.54, 1.807) is 12.1 Å². The van der Waals surface area contributed by atoms with Crippen molar-refractivity contribution in [1.29, 1.82) is 0 Å². The Labute approximate surface area is 112 Å². The Morgan fingerprint density at radius 3 is 2.67 bits per heavy atom. The Balaban J connectivity index is 2.40. The van der Waals surface area contributed by atoms with Gasteiger partial charge in [-0.05, 0) is 24.1 Å². The van der Waals surface area contributed by atoms with Crippen LogP contribution in [-0.4, -0.2) is 12.3 Å². The highest BCUT2D eigenvalue weighted by Gasteiger charge is 2.51. The van der Waals surface area contributed by atoms with Gasteiger partial charge in [-0.25, -0.2) is 4.79 Å². The lowest BCUT2D eigenvalue weighted by Crippen LogP contribution is -2.33. The Kier molecular flexibility index (Phi) is 3.64. The van der Waals surface area contributed by atoms with E-state index in [2.05, 4.69) is 0 Å². The molecule has 0 bridgehead atoms. The van der Waals surface area contributed by atoms with Crippen LogP contribution in [0.25, 0.3) is 0 Å². The van der Waals surface area contributed by atoms with Gasteiger partial charge < -0.3 is 9.47 Å². The molecule has 1 fully saturated rings. The van der Waals surface area contributed by atoms with E-state index in [-0.39, 0.29) is 11.9 Å². The van der Waals surface area contributed by atoms with Crippen LogP contribution < -0.4 is 0 Å². The number of halogens is 1.